The van der Waals surface area contributed by atoms with Gasteiger partial charge in [0.2, 0.25) is 15.9 Å². The number of carbonyl (C=O) groups excluding carboxylic acids is 1. The highest BCUT2D eigenvalue weighted by atomic mass is 35.5. The minimum Gasteiger partial charge on any atom is -0.352 e. The largest absolute Gasteiger partial charge is 0.352 e. The number of hydrogen-bond donors (Lipinski definition) is 2. The van der Waals surface area contributed by atoms with E-state index in [0.717, 1.165) is 5.56 Å². The average molecular weight is 475 g/mol. The van der Waals surface area contributed by atoms with Crippen LogP contribution in [0, 0.1) is 0 Å². The fraction of sp³-hybridized carbons (Fsp3) is 0.350. The van der Waals surface area contributed by atoms with Gasteiger partial charge in [0.15, 0.2) is 0 Å². The minimum atomic E-state index is -3.80. The number of carbonyl (C=O) groups is 1. The smallest absolute Gasteiger partial charge is 0.241 e. The zero-order chi connectivity index (χ0) is 21.4. The van der Waals surface area contributed by atoms with Crippen LogP contribution in [0.3, 0.4) is 0 Å². The van der Waals surface area contributed by atoms with Gasteiger partial charge in [-0.05, 0) is 61.6 Å². The second-order valence-corrected chi connectivity index (χ2v) is 10.2. The molecular weight excluding hydrogens is 451 g/mol. The molecule has 0 bridgehead atoms. The van der Waals surface area contributed by atoms with Crippen molar-refractivity contribution in [3.05, 3.63) is 64.1 Å². The summed E-state index contributed by atoms with van der Waals surface area (Å²) in [4.78, 5) is 12.9. The first-order valence-electron chi connectivity index (χ1n) is 9.03. The van der Waals surface area contributed by atoms with Crippen molar-refractivity contribution in [2.24, 2.45) is 0 Å². The Balaban J connectivity index is 2.07. The van der Waals surface area contributed by atoms with E-state index in [2.05, 4.69) is 10.0 Å². The van der Waals surface area contributed by atoms with Crippen LogP contribution in [0.15, 0.2) is 53.4 Å². The summed E-state index contributed by atoms with van der Waals surface area (Å²) < 4.78 is 27.8. The van der Waals surface area contributed by atoms with E-state index in [0.29, 0.717) is 28.6 Å². The van der Waals surface area contributed by atoms with Gasteiger partial charge in [0, 0.05) is 16.1 Å². The lowest BCUT2D eigenvalue weighted by Gasteiger charge is -2.21. The predicted molar refractivity (Wildman–Crippen MR) is 121 cm³/mol. The van der Waals surface area contributed by atoms with Gasteiger partial charge in [-0.2, -0.15) is 16.5 Å². The molecule has 0 saturated heterocycles. The summed E-state index contributed by atoms with van der Waals surface area (Å²) in [5, 5.41) is 3.96. The summed E-state index contributed by atoms with van der Waals surface area (Å²) >= 11 is 13.7. The fourth-order valence-electron chi connectivity index (χ4n) is 2.75. The van der Waals surface area contributed by atoms with E-state index in [1.807, 2.05) is 19.2 Å². The maximum Gasteiger partial charge on any atom is 0.241 e. The lowest BCUT2D eigenvalue weighted by molar-refractivity contribution is -0.123. The second kappa shape index (κ2) is 11.2. The summed E-state index contributed by atoms with van der Waals surface area (Å²) in [6.07, 6.45) is 2.79. The molecule has 158 valence electrons. The van der Waals surface area contributed by atoms with Crippen LogP contribution in [-0.4, -0.2) is 38.4 Å². The summed E-state index contributed by atoms with van der Waals surface area (Å²) in [7, 11) is -3.80. The molecule has 0 aliphatic carbocycles. The third-order valence-corrected chi connectivity index (χ3v) is 6.93. The van der Waals surface area contributed by atoms with Gasteiger partial charge in [-0.1, -0.05) is 47.5 Å². The van der Waals surface area contributed by atoms with Gasteiger partial charge in [0.1, 0.15) is 6.04 Å². The van der Waals surface area contributed by atoms with Crippen LogP contribution < -0.4 is 10.0 Å². The molecule has 1 amide bonds. The molecule has 29 heavy (non-hydrogen) atoms. The maximum absolute atomic E-state index is 12.8. The molecule has 2 atom stereocenters. The summed E-state index contributed by atoms with van der Waals surface area (Å²) in [6, 6.07) is 12.1. The highest BCUT2D eigenvalue weighted by molar-refractivity contribution is 7.98. The van der Waals surface area contributed by atoms with Crippen molar-refractivity contribution >= 4 is 50.9 Å². The molecule has 0 aliphatic rings. The molecule has 2 unspecified atom stereocenters. The van der Waals surface area contributed by atoms with E-state index in [4.69, 9.17) is 23.2 Å². The molecule has 0 aromatic heterocycles. The van der Waals surface area contributed by atoms with Crippen molar-refractivity contribution in [3.8, 4) is 0 Å². The number of halogens is 2. The van der Waals surface area contributed by atoms with Crippen molar-refractivity contribution in [2.45, 2.75) is 36.7 Å². The standard InChI is InChI=1S/C20H24Cl2N2O3S2/c1-14(12-15-8-9-16(21)13-18(15)22)23-20(25)19(10-11-28-2)24-29(26,27)17-6-4-3-5-7-17/h3-9,13-14,19,24H,10-12H2,1-2H3,(H,23,25). The Kier molecular flexibility index (Phi) is 9.30. The van der Waals surface area contributed by atoms with Crippen molar-refractivity contribution in [2.75, 3.05) is 12.0 Å². The number of sulfonamides is 1. The van der Waals surface area contributed by atoms with Gasteiger partial charge < -0.3 is 5.32 Å². The average Bonchev–Trinajstić information content (AvgIpc) is 2.68. The van der Waals surface area contributed by atoms with Crippen molar-refractivity contribution in [3.63, 3.8) is 0 Å². The molecule has 5 nitrogen and oxygen atoms in total. The zero-order valence-corrected chi connectivity index (χ0v) is 19.3. The fourth-order valence-corrected chi connectivity index (χ4v) is 4.95. The van der Waals surface area contributed by atoms with Crippen LogP contribution in [0.2, 0.25) is 10.0 Å². The minimum absolute atomic E-state index is 0.128. The highest BCUT2D eigenvalue weighted by Crippen LogP contribution is 2.22. The molecule has 2 rings (SSSR count). The third-order valence-electron chi connectivity index (χ3n) is 4.21. The van der Waals surface area contributed by atoms with E-state index < -0.39 is 16.1 Å². The maximum atomic E-state index is 12.8. The summed E-state index contributed by atoms with van der Waals surface area (Å²) in [5.74, 6) is 0.281. The Bertz CT molecular complexity index is 925. The van der Waals surface area contributed by atoms with E-state index in [-0.39, 0.29) is 16.8 Å². The first kappa shape index (κ1) is 24.0. The molecule has 2 aromatic rings. The molecule has 0 radical (unpaired) electrons. The van der Waals surface area contributed by atoms with Gasteiger partial charge in [0.05, 0.1) is 4.90 Å². The number of hydrogen-bond acceptors (Lipinski definition) is 4. The number of thioether (sulfide) groups is 1. The van der Waals surface area contributed by atoms with Crippen molar-refractivity contribution in [1.29, 1.82) is 0 Å². The predicted octanol–water partition coefficient (Wildman–Crippen LogP) is 4.14. The van der Waals surface area contributed by atoms with Crippen molar-refractivity contribution in [1.82, 2.24) is 10.0 Å². The van der Waals surface area contributed by atoms with Gasteiger partial charge in [0.25, 0.3) is 0 Å². The molecule has 0 fully saturated rings. The van der Waals surface area contributed by atoms with Crippen LogP contribution in [0.4, 0.5) is 0 Å². The Morgan fingerprint density at radius 2 is 1.83 bits per heavy atom. The molecule has 0 saturated carbocycles. The Morgan fingerprint density at radius 3 is 2.45 bits per heavy atom. The molecule has 0 heterocycles. The van der Waals surface area contributed by atoms with E-state index >= 15 is 0 Å². The number of benzene rings is 2. The lowest BCUT2D eigenvalue weighted by Crippen LogP contribution is -2.49. The quantitative estimate of drug-likeness (QED) is 0.542. The van der Waals surface area contributed by atoms with Gasteiger partial charge in [-0.25, -0.2) is 8.42 Å². The van der Waals surface area contributed by atoms with Crippen LogP contribution >= 0.6 is 35.0 Å². The number of amides is 1. The topological polar surface area (TPSA) is 75.3 Å². The molecule has 0 aliphatic heterocycles. The normalized spacial score (nSPS) is 13.7. The van der Waals surface area contributed by atoms with Gasteiger partial charge >= 0.3 is 0 Å². The number of rotatable bonds is 10. The number of nitrogens with one attached hydrogen (secondary N) is 2. The van der Waals surface area contributed by atoms with E-state index in [9.17, 15) is 13.2 Å². The van der Waals surface area contributed by atoms with E-state index in [1.165, 1.54) is 12.1 Å². The Hall–Kier alpha value is -1.25. The Morgan fingerprint density at radius 1 is 1.14 bits per heavy atom. The third kappa shape index (κ3) is 7.50. The highest BCUT2D eigenvalue weighted by Gasteiger charge is 2.26. The SMILES string of the molecule is CSCCC(NS(=O)(=O)c1ccccc1)C(=O)NC(C)Cc1ccc(Cl)cc1Cl. The first-order chi connectivity index (χ1) is 13.7. The molecule has 0 spiro atoms. The Labute approximate surface area is 186 Å². The first-order valence-corrected chi connectivity index (χ1v) is 12.7. The summed E-state index contributed by atoms with van der Waals surface area (Å²) in [5.41, 5.74) is 0.856. The van der Waals surface area contributed by atoms with Crippen LogP contribution in [0.25, 0.3) is 0 Å². The monoisotopic (exact) mass is 474 g/mol. The lowest BCUT2D eigenvalue weighted by atomic mass is 10.1. The molecular formula is C20H24Cl2N2O3S2. The van der Waals surface area contributed by atoms with Gasteiger partial charge in [-0.3, -0.25) is 4.79 Å². The summed E-state index contributed by atoms with van der Waals surface area (Å²) in [6.45, 7) is 1.85. The van der Waals surface area contributed by atoms with Crippen LogP contribution in [0.5, 0.6) is 0 Å². The van der Waals surface area contributed by atoms with Crippen LogP contribution in [0.1, 0.15) is 18.9 Å². The molecule has 9 heteroatoms. The van der Waals surface area contributed by atoms with Crippen LogP contribution in [-0.2, 0) is 21.2 Å². The van der Waals surface area contributed by atoms with Gasteiger partial charge in [-0.15, -0.1) is 0 Å². The van der Waals surface area contributed by atoms with Crippen molar-refractivity contribution < 1.29 is 13.2 Å². The molecule has 2 N–H and O–H groups in total. The molecule has 2 aromatic carbocycles. The zero-order valence-electron chi connectivity index (χ0n) is 16.2. The van der Waals surface area contributed by atoms with E-state index in [1.54, 1.807) is 42.1 Å². The second-order valence-electron chi connectivity index (χ2n) is 6.62.